The van der Waals surface area contributed by atoms with E-state index in [9.17, 15) is 0 Å². The van der Waals surface area contributed by atoms with Gasteiger partial charge in [0.15, 0.2) is 0 Å². The Balaban J connectivity index is 2.55. The van der Waals surface area contributed by atoms with Crippen molar-refractivity contribution < 1.29 is 4.74 Å². The van der Waals surface area contributed by atoms with Crippen LogP contribution in [0, 0.1) is 0 Å². The first-order valence-corrected chi connectivity index (χ1v) is 6.49. The SMILES string of the molecule is COc1ccc(C(C)(C)C)cc1-c1nccs1. The van der Waals surface area contributed by atoms with Gasteiger partial charge in [0.25, 0.3) is 0 Å². The van der Waals surface area contributed by atoms with Gasteiger partial charge in [0.2, 0.25) is 0 Å². The third-order valence-electron chi connectivity index (χ3n) is 2.73. The minimum Gasteiger partial charge on any atom is -0.496 e. The molecule has 1 heterocycles. The van der Waals surface area contributed by atoms with Crippen molar-refractivity contribution >= 4 is 11.3 Å². The van der Waals surface area contributed by atoms with E-state index in [1.54, 1.807) is 18.4 Å². The van der Waals surface area contributed by atoms with Gasteiger partial charge in [-0.15, -0.1) is 11.3 Å². The van der Waals surface area contributed by atoms with E-state index in [1.165, 1.54) is 5.56 Å². The number of hydrogen-bond acceptors (Lipinski definition) is 3. The van der Waals surface area contributed by atoms with Gasteiger partial charge < -0.3 is 4.74 Å². The van der Waals surface area contributed by atoms with Gasteiger partial charge in [0, 0.05) is 11.6 Å². The van der Waals surface area contributed by atoms with E-state index in [1.807, 2.05) is 17.6 Å². The molecule has 1 aromatic carbocycles. The minimum atomic E-state index is 0.137. The molecule has 0 amide bonds. The summed E-state index contributed by atoms with van der Waals surface area (Å²) in [4.78, 5) is 4.36. The number of hydrogen-bond donors (Lipinski definition) is 0. The van der Waals surface area contributed by atoms with Gasteiger partial charge >= 0.3 is 0 Å². The Morgan fingerprint density at radius 3 is 2.53 bits per heavy atom. The molecule has 90 valence electrons. The Morgan fingerprint density at radius 1 is 1.24 bits per heavy atom. The molecule has 0 aliphatic rings. The first kappa shape index (κ1) is 12.1. The van der Waals surface area contributed by atoms with Crippen LogP contribution in [0.5, 0.6) is 5.75 Å². The lowest BCUT2D eigenvalue weighted by atomic mass is 9.86. The molecule has 0 atom stereocenters. The summed E-state index contributed by atoms with van der Waals surface area (Å²) >= 11 is 1.63. The van der Waals surface area contributed by atoms with Crippen LogP contribution in [-0.4, -0.2) is 12.1 Å². The molecule has 2 nitrogen and oxygen atoms in total. The third kappa shape index (κ3) is 2.50. The Kier molecular flexibility index (Phi) is 3.20. The van der Waals surface area contributed by atoms with Crippen molar-refractivity contribution in [3.8, 4) is 16.3 Å². The second kappa shape index (κ2) is 4.49. The van der Waals surface area contributed by atoms with Gasteiger partial charge in [-0.25, -0.2) is 4.98 Å². The van der Waals surface area contributed by atoms with Crippen LogP contribution >= 0.6 is 11.3 Å². The molecule has 3 heteroatoms. The molecule has 2 aromatic rings. The standard InChI is InChI=1S/C14H17NOS/c1-14(2,3)10-5-6-12(16-4)11(9-10)13-15-7-8-17-13/h5-9H,1-4H3. The lowest BCUT2D eigenvalue weighted by Crippen LogP contribution is -2.11. The van der Waals surface area contributed by atoms with Gasteiger partial charge in [-0.05, 0) is 23.1 Å². The molecule has 0 N–H and O–H groups in total. The average molecular weight is 247 g/mol. The molecule has 0 fully saturated rings. The number of methoxy groups -OCH3 is 1. The molecule has 17 heavy (non-hydrogen) atoms. The molecule has 0 radical (unpaired) electrons. The summed E-state index contributed by atoms with van der Waals surface area (Å²) in [5.74, 6) is 0.882. The Bertz CT molecular complexity index is 497. The molecule has 0 saturated heterocycles. The van der Waals surface area contributed by atoms with E-state index in [4.69, 9.17) is 4.74 Å². The highest BCUT2D eigenvalue weighted by atomic mass is 32.1. The van der Waals surface area contributed by atoms with Gasteiger partial charge in [-0.1, -0.05) is 26.8 Å². The highest BCUT2D eigenvalue weighted by Crippen LogP contribution is 2.35. The van der Waals surface area contributed by atoms with Crippen molar-refractivity contribution in [3.05, 3.63) is 35.3 Å². The Morgan fingerprint density at radius 2 is 2.00 bits per heavy atom. The molecule has 0 aliphatic heterocycles. The van der Waals surface area contributed by atoms with E-state index >= 15 is 0 Å². The molecule has 0 bridgehead atoms. The zero-order valence-corrected chi connectivity index (χ0v) is 11.5. The average Bonchev–Trinajstić information content (AvgIpc) is 2.80. The summed E-state index contributed by atoms with van der Waals surface area (Å²) in [5, 5.41) is 2.99. The van der Waals surface area contributed by atoms with Crippen LogP contribution < -0.4 is 4.74 Å². The maximum absolute atomic E-state index is 5.40. The van der Waals surface area contributed by atoms with Gasteiger partial charge in [0.05, 0.1) is 12.7 Å². The number of thiazole rings is 1. The van der Waals surface area contributed by atoms with E-state index in [-0.39, 0.29) is 5.41 Å². The summed E-state index contributed by atoms with van der Waals surface area (Å²) in [6.45, 7) is 6.63. The zero-order chi connectivity index (χ0) is 12.5. The largest absolute Gasteiger partial charge is 0.496 e. The molecule has 0 aliphatic carbocycles. The van der Waals surface area contributed by atoms with Crippen molar-refractivity contribution in [2.24, 2.45) is 0 Å². The topological polar surface area (TPSA) is 22.1 Å². The van der Waals surface area contributed by atoms with Gasteiger partial charge in [-0.3, -0.25) is 0 Å². The first-order chi connectivity index (χ1) is 8.02. The summed E-state index contributed by atoms with van der Waals surface area (Å²) < 4.78 is 5.40. The number of ether oxygens (including phenoxy) is 1. The predicted molar refractivity (Wildman–Crippen MR) is 72.8 cm³/mol. The van der Waals surface area contributed by atoms with E-state index < -0.39 is 0 Å². The van der Waals surface area contributed by atoms with Crippen LogP contribution in [0.3, 0.4) is 0 Å². The van der Waals surface area contributed by atoms with Crippen LogP contribution in [0.1, 0.15) is 26.3 Å². The quantitative estimate of drug-likeness (QED) is 0.796. The number of nitrogens with zero attached hydrogens (tertiary/aromatic N) is 1. The second-order valence-corrected chi connectivity index (χ2v) is 5.90. The van der Waals surface area contributed by atoms with Crippen LogP contribution in [0.15, 0.2) is 29.8 Å². The molecular weight excluding hydrogens is 230 g/mol. The maximum atomic E-state index is 5.40. The Hall–Kier alpha value is -1.35. The molecule has 0 saturated carbocycles. The van der Waals surface area contributed by atoms with Crippen molar-refractivity contribution in [2.75, 3.05) is 7.11 Å². The highest BCUT2D eigenvalue weighted by molar-refractivity contribution is 7.13. The first-order valence-electron chi connectivity index (χ1n) is 5.61. The zero-order valence-electron chi connectivity index (χ0n) is 10.7. The number of aromatic nitrogens is 1. The number of rotatable bonds is 2. The van der Waals surface area contributed by atoms with Crippen LogP contribution in [0.2, 0.25) is 0 Å². The highest BCUT2D eigenvalue weighted by Gasteiger charge is 2.17. The van der Waals surface area contributed by atoms with Gasteiger partial charge in [0.1, 0.15) is 10.8 Å². The van der Waals surface area contributed by atoms with Crippen molar-refractivity contribution in [2.45, 2.75) is 26.2 Å². The minimum absolute atomic E-state index is 0.137. The van der Waals surface area contributed by atoms with Crippen LogP contribution in [0.4, 0.5) is 0 Å². The molecule has 1 aromatic heterocycles. The van der Waals surface area contributed by atoms with Crippen LogP contribution in [-0.2, 0) is 5.41 Å². The summed E-state index contributed by atoms with van der Waals surface area (Å²) in [7, 11) is 1.70. The van der Waals surface area contributed by atoms with E-state index in [0.717, 1.165) is 16.3 Å². The summed E-state index contributed by atoms with van der Waals surface area (Å²) in [6, 6.07) is 6.32. The second-order valence-electron chi connectivity index (χ2n) is 5.00. The fourth-order valence-corrected chi connectivity index (χ4v) is 2.36. The molecular formula is C14H17NOS. The van der Waals surface area contributed by atoms with Crippen LogP contribution in [0.25, 0.3) is 10.6 Å². The Labute approximate surface area is 106 Å². The molecule has 0 unspecified atom stereocenters. The predicted octanol–water partition coefficient (Wildman–Crippen LogP) is 4.12. The normalized spacial score (nSPS) is 11.5. The van der Waals surface area contributed by atoms with Crippen molar-refractivity contribution in [1.29, 1.82) is 0 Å². The maximum Gasteiger partial charge on any atom is 0.129 e. The fraction of sp³-hybridized carbons (Fsp3) is 0.357. The lowest BCUT2D eigenvalue weighted by Gasteiger charge is -2.20. The molecule has 2 rings (SSSR count). The fourth-order valence-electron chi connectivity index (χ4n) is 1.70. The third-order valence-corrected chi connectivity index (χ3v) is 3.53. The van der Waals surface area contributed by atoms with E-state index in [2.05, 4.69) is 37.9 Å². The van der Waals surface area contributed by atoms with Crippen molar-refractivity contribution in [1.82, 2.24) is 4.98 Å². The molecule has 0 spiro atoms. The number of benzene rings is 1. The van der Waals surface area contributed by atoms with Crippen molar-refractivity contribution in [3.63, 3.8) is 0 Å². The monoisotopic (exact) mass is 247 g/mol. The smallest absolute Gasteiger partial charge is 0.129 e. The van der Waals surface area contributed by atoms with Gasteiger partial charge in [-0.2, -0.15) is 0 Å². The summed E-state index contributed by atoms with van der Waals surface area (Å²) in [6.07, 6.45) is 1.82. The van der Waals surface area contributed by atoms with E-state index in [0.29, 0.717) is 0 Å². The summed E-state index contributed by atoms with van der Waals surface area (Å²) in [5.41, 5.74) is 2.51. The lowest BCUT2D eigenvalue weighted by molar-refractivity contribution is 0.416.